The van der Waals surface area contributed by atoms with Crippen LogP contribution in [0, 0.1) is 0 Å². The molecule has 2 heterocycles. The number of nitrogen functional groups attached to an aromatic ring is 1. The molecular formula is C30H23N3S. The molecule has 0 amide bonds. The summed E-state index contributed by atoms with van der Waals surface area (Å²) in [5.74, 6) is 0. The summed E-state index contributed by atoms with van der Waals surface area (Å²) in [6.45, 7) is 0.502. The largest absolute Gasteiger partial charge is 0.398 e. The molecule has 34 heavy (non-hydrogen) atoms. The molecule has 3 nitrogen and oxygen atoms in total. The van der Waals surface area contributed by atoms with Crippen LogP contribution in [0.4, 0.5) is 5.69 Å². The van der Waals surface area contributed by atoms with E-state index in [1.165, 1.54) is 21.8 Å². The average molecular weight is 458 g/mol. The molecule has 6 rings (SSSR count). The second-order valence-electron chi connectivity index (χ2n) is 8.26. The third-order valence-corrected chi connectivity index (χ3v) is 7.03. The van der Waals surface area contributed by atoms with Gasteiger partial charge in [0.1, 0.15) is 6.67 Å². The highest BCUT2D eigenvalue weighted by atomic mass is 32.1. The Hall–Kier alpha value is -4.15. The van der Waals surface area contributed by atoms with Crippen molar-refractivity contribution in [2.45, 2.75) is 6.67 Å². The van der Waals surface area contributed by atoms with E-state index in [2.05, 4.69) is 107 Å². The normalized spacial score (nSPS) is 11.9. The van der Waals surface area contributed by atoms with Crippen molar-refractivity contribution < 1.29 is 0 Å². The predicted octanol–water partition coefficient (Wildman–Crippen LogP) is 7.60. The Balaban J connectivity index is 1.55. The van der Waals surface area contributed by atoms with Crippen molar-refractivity contribution in [2.24, 2.45) is 4.99 Å². The fourth-order valence-corrected chi connectivity index (χ4v) is 5.40. The number of aromatic nitrogens is 1. The Morgan fingerprint density at radius 3 is 1.97 bits per heavy atom. The molecule has 0 saturated heterocycles. The van der Waals surface area contributed by atoms with Crippen LogP contribution in [0.5, 0.6) is 0 Å². The zero-order chi connectivity index (χ0) is 22.9. The third kappa shape index (κ3) is 3.49. The first-order valence-corrected chi connectivity index (χ1v) is 12.2. The van der Waals surface area contributed by atoms with E-state index in [-0.39, 0.29) is 0 Å². The van der Waals surface area contributed by atoms with E-state index < -0.39 is 0 Å². The molecule has 0 atom stereocenters. The molecule has 2 N–H and O–H groups in total. The van der Waals surface area contributed by atoms with Gasteiger partial charge in [-0.3, -0.25) is 4.99 Å². The first kappa shape index (κ1) is 20.5. The summed E-state index contributed by atoms with van der Waals surface area (Å²) in [7, 11) is 0. The van der Waals surface area contributed by atoms with E-state index >= 15 is 0 Å². The van der Waals surface area contributed by atoms with Gasteiger partial charge in [0.15, 0.2) is 0 Å². The topological polar surface area (TPSA) is 43.3 Å². The summed E-state index contributed by atoms with van der Waals surface area (Å²) in [5.41, 5.74) is 14.8. The quantitative estimate of drug-likeness (QED) is 0.266. The minimum atomic E-state index is 0.502. The van der Waals surface area contributed by atoms with Crippen LogP contribution < -0.4 is 5.73 Å². The van der Waals surface area contributed by atoms with Gasteiger partial charge in [-0.25, -0.2) is 0 Å². The SMILES string of the molecule is Nc1cscc1/C(=N\Cn1c2ccccc2c2ccccc21)c1ccccc1-c1ccccc1. The lowest BCUT2D eigenvalue weighted by atomic mass is 9.94. The highest BCUT2D eigenvalue weighted by Gasteiger charge is 2.17. The van der Waals surface area contributed by atoms with Gasteiger partial charge in [-0.15, -0.1) is 11.3 Å². The number of anilines is 1. The lowest BCUT2D eigenvalue weighted by molar-refractivity contribution is 0.793. The van der Waals surface area contributed by atoms with Crippen molar-refractivity contribution in [1.29, 1.82) is 0 Å². The summed E-state index contributed by atoms with van der Waals surface area (Å²) >= 11 is 1.61. The van der Waals surface area contributed by atoms with Gasteiger partial charge in [0, 0.05) is 32.7 Å². The summed E-state index contributed by atoms with van der Waals surface area (Å²) < 4.78 is 2.29. The molecule has 4 aromatic carbocycles. The Bertz CT molecular complexity index is 1590. The summed E-state index contributed by atoms with van der Waals surface area (Å²) in [6, 6.07) is 36.0. The summed E-state index contributed by atoms with van der Waals surface area (Å²) in [4.78, 5) is 5.23. The zero-order valence-corrected chi connectivity index (χ0v) is 19.4. The minimum Gasteiger partial charge on any atom is -0.398 e. The molecule has 2 aromatic heterocycles. The van der Waals surface area contributed by atoms with Crippen LogP contribution in [0.3, 0.4) is 0 Å². The molecule has 0 aliphatic rings. The highest BCUT2D eigenvalue weighted by molar-refractivity contribution is 7.08. The molecule has 0 radical (unpaired) electrons. The molecule has 164 valence electrons. The zero-order valence-electron chi connectivity index (χ0n) is 18.6. The number of nitrogens with two attached hydrogens (primary N) is 1. The fourth-order valence-electron chi connectivity index (χ4n) is 4.67. The van der Waals surface area contributed by atoms with E-state index in [0.29, 0.717) is 6.67 Å². The van der Waals surface area contributed by atoms with Crippen molar-refractivity contribution in [3.63, 3.8) is 0 Å². The van der Waals surface area contributed by atoms with E-state index in [0.717, 1.165) is 33.7 Å². The maximum atomic E-state index is 6.42. The van der Waals surface area contributed by atoms with E-state index in [1.807, 2.05) is 11.4 Å². The van der Waals surface area contributed by atoms with Gasteiger partial charge >= 0.3 is 0 Å². The minimum absolute atomic E-state index is 0.502. The number of aliphatic imine (C=N–C) groups is 1. The Labute approximate surface area is 202 Å². The Morgan fingerprint density at radius 2 is 1.29 bits per heavy atom. The number of nitrogens with zero attached hydrogens (tertiary/aromatic N) is 2. The summed E-state index contributed by atoms with van der Waals surface area (Å²) in [6.07, 6.45) is 0. The van der Waals surface area contributed by atoms with Crippen molar-refractivity contribution in [3.8, 4) is 11.1 Å². The van der Waals surface area contributed by atoms with Crippen LogP contribution in [0.25, 0.3) is 32.9 Å². The lowest BCUT2D eigenvalue weighted by Crippen LogP contribution is -2.09. The molecule has 6 aromatic rings. The van der Waals surface area contributed by atoms with Gasteiger partial charge in [-0.05, 0) is 23.3 Å². The Kier molecular flexibility index (Phi) is 5.21. The maximum absolute atomic E-state index is 6.42. The Morgan fingerprint density at radius 1 is 0.676 bits per heavy atom. The number of para-hydroxylation sites is 2. The van der Waals surface area contributed by atoms with Gasteiger partial charge in [0.25, 0.3) is 0 Å². The third-order valence-electron chi connectivity index (χ3n) is 6.26. The molecule has 0 spiro atoms. The van der Waals surface area contributed by atoms with Crippen LogP contribution in [-0.2, 0) is 6.67 Å². The van der Waals surface area contributed by atoms with Gasteiger partial charge in [0.2, 0.25) is 0 Å². The monoisotopic (exact) mass is 457 g/mol. The van der Waals surface area contributed by atoms with Crippen molar-refractivity contribution in [2.75, 3.05) is 5.73 Å². The van der Waals surface area contributed by atoms with Gasteiger partial charge < -0.3 is 10.3 Å². The van der Waals surface area contributed by atoms with Crippen LogP contribution in [-0.4, -0.2) is 10.3 Å². The molecule has 0 aliphatic heterocycles. The molecule has 0 aliphatic carbocycles. The number of thiophene rings is 1. The van der Waals surface area contributed by atoms with E-state index in [1.54, 1.807) is 11.3 Å². The maximum Gasteiger partial charge on any atom is 0.115 e. The molecule has 0 saturated carbocycles. The number of hydrogen-bond donors (Lipinski definition) is 1. The standard InChI is InChI=1S/C30H23N3S/c31-27-19-34-18-26(27)30(25-15-5-4-12-22(25)21-10-2-1-3-11-21)32-20-33-28-16-8-6-13-23(28)24-14-7-9-17-29(24)33/h1-19H,20,31H2/b32-30-. The highest BCUT2D eigenvalue weighted by Crippen LogP contribution is 2.31. The predicted molar refractivity (Wildman–Crippen MR) is 146 cm³/mol. The number of fused-ring (bicyclic) bond motifs is 3. The second-order valence-corrected chi connectivity index (χ2v) is 9.01. The van der Waals surface area contributed by atoms with Gasteiger partial charge in [0.05, 0.1) is 22.4 Å². The molecule has 0 bridgehead atoms. The van der Waals surface area contributed by atoms with Crippen LogP contribution in [0.1, 0.15) is 11.1 Å². The molecular weight excluding hydrogens is 434 g/mol. The van der Waals surface area contributed by atoms with Crippen LogP contribution in [0.15, 0.2) is 119 Å². The van der Waals surface area contributed by atoms with Crippen molar-refractivity contribution in [3.05, 3.63) is 125 Å². The van der Waals surface area contributed by atoms with Crippen molar-refractivity contribution in [1.82, 2.24) is 4.57 Å². The fraction of sp³-hybridized carbons (Fsp3) is 0.0333. The number of benzene rings is 4. The smallest absolute Gasteiger partial charge is 0.115 e. The van der Waals surface area contributed by atoms with Gasteiger partial charge in [-0.2, -0.15) is 0 Å². The van der Waals surface area contributed by atoms with Gasteiger partial charge in [-0.1, -0.05) is 91.0 Å². The molecule has 0 unspecified atom stereocenters. The van der Waals surface area contributed by atoms with Crippen molar-refractivity contribution >= 4 is 44.5 Å². The average Bonchev–Trinajstić information content (AvgIpc) is 3.46. The lowest BCUT2D eigenvalue weighted by Gasteiger charge is -2.14. The molecule has 4 heteroatoms. The summed E-state index contributed by atoms with van der Waals surface area (Å²) in [5, 5.41) is 6.57. The van der Waals surface area contributed by atoms with Crippen LogP contribution in [0.2, 0.25) is 0 Å². The second kappa shape index (κ2) is 8.65. The first-order chi connectivity index (χ1) is 16.8. The molecule has 0 fully saturated rings. The van der Waals surface area contributed by atoms with E-state index in [4.69, 9.17) is 10.7 Å². The van der Waals surface area contributed by atoms with E-state index in [9.17, 15) is 0 Å². The van der Waals surface area contributed by atoms with Crippen LogP contribution >= 0.6 is 11.3 Å². The first-order valence-electron chi connectivity index (χ1n) is 11.3. The number of rotatable bonds is 5. The number of hydrogen-bond acceptors (Lipinski definition) is 3.